The van der Waals surface area contributed by atoms with Crippen LogP contribution in [0, 0.1) is 5.92 Å². The number of para-hydroxylation sites is 1. The molecule has 21 heavy (non-hydrogen) atoms. The molecule has 0 spiro atoms. The maximum absolute atomic E-state index is 12.3. The molecule has 2 aromatic rings. The highest BCUT2D eigenvalue weighted by Gasteiger charge is 2.27. The average Bonchev–Trinajstić information content (AvgIpc) is 2.49. The topological polar surface area (TPSA) is 35.5 Å². The first-order valence-electron chi connectivity index (χ1n) is 6.51. The Bertz CT molecular complexity index is 687. The number of fused-ring (bicyclic) bond motifs is 1. The number of hydrogen-bond acceptors (Lipinski definition) is 3. The summed E-state index contributed by atoms with van der Waals surface area (Å²) in [6.07, 6.45) is 0.625. The van der Waals surface area contributed by atoms with Gasteiger partial charge in [0, 0.05) is 5.02 Å². The largest absolute Gasteiger partial charge is 0.492 e. The van der Waals surface area contributed by atoms with Gasteiger partial charge >= 0.3 is 5.97 Å². The lowest BCUT2D eigenvalue weighted by Crippen LogP contribution is -2.31. The molecule has 0 N–H and O–H groups in total. The van der Waals surface area contributed by atoms with E-state index < -0.39 is 0 Å². The van der Waals surface area contributed by atoms with E-state index in [1.807, 2.05) is 24.3 Å². The zero-order chi connectivity index (χ0) is 14.8. The number of ether oxygens (including phenoxy) is 2. The van der Waals surface area contributed by atoms with E-state index in [0.717, 1.165) is 11.3 Å². The van der Waals surface area contributed by atoms with E-state index in [1.165, 1.54) is 0 Å². The van der Waals surface area contributed by atoms with Gasteiger partial charge in [-0.3, -0.25) is 4.79 Å². The maximum Gasteiger partial charge on any atom is 0.318 e. The lowest BCUT2D eigenvalue weighted by Gasteiger charge is -2.23. The second-order valence-corrected chi connectivity index (χ2v) is 6.11. The molecule has 0 radical (unpaired) electrons. The molecule has 0 amide bonds. The van der Waals surface area contributed by atoms with Crippen LogP contribution in [0.5, 0.6) is 11.5 Å². The molecule has 3 rings (SSSR count). The van der Waals surface area contributed by atoms with Crippen molar-refractivity contribution in [2.45, 2.75) is 6.42 Å². The number of rotatable bonds is 2. The van der Waals surface area contributed by atoms with Crippen LogP contribution in [0.4, 0.5) is 0 Å². The van der Waals surface area contributed by atoms with Gasteiger partial charge in [-0.05, 0) is 52.2 Å². The molecular formula is C16H12BrClO3. The minimum absolute atomic E-state index is 0.299. The predicted octanol–water partition coefficient (Wildman–Crippen LogP) is 4.26. The van der Waals surface area contributed by atoms with Gasteiger partial charge in [0.1, 0.15) is 18.1 Å². The quantitative estimate of drug-likeness (QED) is 0.588. The summed E-state index contributed by atoms with van der Waals surface area (Å²) in [6.45, 7) is 0.334. The molecule has 0 aliphatic carbocycles. The lowest BCUT2D eigenvalue weighted by atomic mass is 9.97. The van der Waals surface area contributed by atoms with Gasteiger partial charge in [0.25, 0.3) is 0 Å². The highest BCUT2D eigenvalue weighted by Crippen LogP contribution is 2.31. The van der Waals surface area contributed by atoms with E-state index in [9.17, 15) is 4.79 Å². The zero-order valence-corrected chi connectivity index (χ0v) is 13.4. The summed E-state index contributed by atoms with van der Waals surface area (Å²) < 4.78 is 11.7. The summed E-state index contributed by atoms with van der Waals surface area (Å²) in [6, 6.07) is 12.8. The molecule has 0 aromatic heterocycles. The van der Waals surface area contributed by atoms with E-state index in [0.29, 0.717) is 28.3 Å². The molecule has 5 heteroatoms. The fourth-order valence-electron chi connectivity index (χ4n) is 2.23. The Hall–Kier alpha value is -1.52. The first-order valence-corrected chi connectivity index (χ1v) is 7.68. The van der Waals surface area contributed by atoms with E-state index in [-0.39, 0.29) is 11.9 Å². The second kappa shape index (κ2) is 6.08. The molecule has 108 valence electrons. The Balaban J connectivity index is 1.72. The number of benzene rings is 2. The predicted molar refractivity (Wildman–Crippen MR) is 83.9 cm³/mol. The van der Waals surface area contributed by atoms with Gasteiger partial charge in [0.05, 0.1) is 10.4 Å². The van der Waals surface area contributed by atoms with Crippen molar-refractivity contribution < 1.29 is 14.3 Å². The van der Waals surface area contributed by atoms with Gasteiger partial charge in [-0.2, -0.15) is 0 Å². The Labute approximate surface area is 136 Å². The normalized spacial score (nSPS) is 16.8. The molecule has 2 aromatic carbocycles. The molecule has 1 heterocycles. The van der Waals surface area contributed by atoms with Crippen LogP contribution in [-0.2, 0) is 11.2 Å². The first kappa shape index (κ1) is 14.4. The van der Waals surface area contributed by atoms with Crippen molar-refractivity contribution in [3.63, 3.8) is 0 Å². The average molecular weight is 368 g/mol. The highest BCUT2D eigenvalue weighted by molar-refractivity contribution is 9.10. The molecule has 0 bridgehead atoms. The summed E-state index contributed by atoms with van der Waals surface area (Å²) in [5, 5.41) is 0.580. The van der Waals surface area contributed by atoms with Crippen molar-refractivity contribution in [2.75, 3.05) is 6.61 Å². The molecule has 0 fully saturated rings. The van der Waals surface area contributed by atoms with Gasteiger partial charge in [0.2, 0.25) is 0 Å². The van der Waals surface area contributed by atoms with Crippen molar-refractivity contribution in [3.05, 3.63) is 57.5 Å². The van der Waals surface area contributed by atoms with Gasteiger partial charge < -0.3 is 9.47 Å². The third-order valence-electron chi connectivity index (χ3n) is 3.32. The monoisotopic (exact) mass is 366 g/mol. The zero-order valence-electron chi connectivity index (χ0n) is 11.0. The van der Waals surface area contributed by atoms with E-state index in [1.54, 1.807) is 18.2 Å². The van der Waals surface area contributed by atoms with Gasteiger partial charge in [-0.15, -0.1) is 0 Å². The van der Waals surface area contributed by atoms with Crippen LogP contribution < -0.4 is 9.47 Å². The summed E-state index contributed by atoms with van der Waals surface area (Å²) in [7, 11) is 0. The highest BCUT2D eigenvalue weighted by atomic mass is 79.9. The number of carbonyl (C=O) groups excluding carboxylic acids is 1. The summed E-state index contributed by atoms with van der Waals surface area (Å²) in [5.41, 5.74) is 1.03. The van der Waals surface area contributed by atoms with Crippen LogP contribution in [0.1, 0.15) is 5.56 Å². The van der Waals surface area contributed by atoms with Crippen LogP contribution in [-0.4, -0.2) is 12.6 Å². The van der Waals surface area contributed by atoms with Crippen molar-refractivity contribution in [1.82, 2.24) is 0 Å². The SMILES string of the molecule is O=C(Oc1ccc(Cl)cc1Br)C1COc2ccccc2C1. The Morgan fingerprint density at radius 3 is 2.90 bits per heavy atom. The van der Waals surface area contributed by atoms with E-state index in [4.69, 9.17) is 21.1 Å². The molecule has 0 saturated heterocycles. The van der Waals surface area contributed by atoms with Crippen LogP contribution >= 0.6 is 27.5 Å². The molecule has 1 atom stereocenters. The number of halogens is 2. The first-order chi connectivity index (χ1) is 10.1. The van der Waals surface area contributed by atoms with Crippen molar-refractivity contribution in [3.8, 4) is 11.5 Å². The van der Waals surface area contributed by atoms with Crippen LogP contribution in [0.3, 0.4) is 0 Å². The smallest absolute Gasteiger partial charge is 0.318 e. The van der Waals surface area contributed by atoms with Crippen molar-refractivity contribution in [1.29, 1.82) is 0 Å². The molecular weight excluding hydrogens is 356 g/mol. The molecule has 3 nitrogen and oxygen atoms in total. The fraction of sp³-hybridized carbons (Fsp3) is 0.188. The van der Waals surface area contributed by atoms with Crippen molar-refractivity contribution in [2.24, 2.45) is 5.92 Å². The number of hydrogen-bond donors (Lipinski definition) is 0. The lowest BCUT2D eigenvalue weighted by molar-refractivity contribution is -0.140. The molecule has 1 aliphatic rings. The third-order valence-corrected chi connectivity index (χ3v) is 4.17. The van der Waals surface area contributed by atoms with E-state index in [2.05, 4.69) is 15.9 Å². The summed E-state index contributed by atoms with van der Waals surface area (Å²) in [5.74, 6) is 0.701. The standard InChI is InChI=1S/C16H12BrClO3/c17-13-8-12(18)5-6-15(13)21-16(19)11-7-10-3-1-2-4-14(10)20-9-11/h1-6,8,11H,7,9H2. The third kappa shape index (κ3) is 3.22. The number of carbonyl (C=O) groups is 1. The minimum atomic E-state index is -0.303. The van der Waals surface area contributed by atoms with Crippen LogP contribution in [0.25, 0.3) is 0 Å². The van der Waals surface area contributed by atoms with Crippen LogP contribution in [0.15, 0.2) is 46.9 Å². The molecule has 1 unspecified atom stereocenters. The van der Waals surface area contributed by atoms with Gasteiger partial charge in [-0.1, -0.05) is 29.8 Å². The molecule has 1 aliphatic heterocycles. The van der Waals surface area contributed by atoms with Gasteiger partial charge in [0.15, 0.2) is 0 Å². The Kier molecular flexibility index (Phi) is 4.17. The van der Waals surface area contributed by atoms with Crippen LogP contribution in [0.2, 0.25) is 5.02 Å². The minimum Gasteiger partial charge on any atom is -0.492 e. The summed E-state index contributed by atoms with van der Waals surface area (Å²) >= 11 is 9.20. The summed E-state index contributed by atoms with van der Waals surface area (Å²) in [4.78, 5) is 12.3. The maximum atomic E-state index is 12.3. The van der Waals surface area contributed by atoms with Gasteiger partial charge in [-0.25, -0.2) is 0 Å². The second-order valence-electron chi connectivity index (χ2n) is 4.82. The Morgan fingerprint density at radius 2 is 2.10 bits per heavy atom. The Morgan fingerprint density at radius 1 is 1.29 bits per heavy atom. The van der Waals surface area contributed by atoms with E-state index >= 15 is 0 Å². The number of esters is 1. The van der Waals surface area contributed by atoms with Crippen molar-refractivity contribution >= 4 is 33.5 Å². The fourth-order valence-corrected chi connectivity index (χ4v) is 2.99. The molecule has 0 saturated carbocycles.